The van der Waals surface area contributed by atoms with Gasteiger partial charge in [-0.3, -0.25) is 0 Å². The van der Waals surface area contributed by atoms with Gasteiger partial charge < -0.3 is 10.1 Å². The lowest BCUT2D eigenvalue weighted by Gasteiger charge is -2.22. The van der Waals surface area contributed by atoms with E-state index in [-0.39, 0.29) is 0 Å². The molecule has 1 aromatic carbocycles. The van der Waals surface area contributed by atoms with Crippen LogP contribution in [0.15, 0.2) is 28.7 Å². The highest BCUT2D eigenvalue weighted by atomic mass is 79.9. The molecule has 1 N–H and O–H groups in total. The number of ether oxygens (including phenoxy) is 1. The van der Waals surface area contributed by atoms with Crippen molar-refractivity contribution in [1.82, 2.24) is 5.32 Å². The van der Waals surface area contributed by atoms with Gasteiger partial charge in [0.25, 0.3) is 0 Å². The Balaban J connectivity index is 1.69. The number of hydrogen-bond acceptors (Lipinski definition) is 2. The number of halogens is 1. The molecule has 1 heterocycles. The highest BCUT2D eigenvalue weighted by Gasteiger charge is 2.12. The summed E-state index contributed by atoms with van der Waals surface area (Å²) in [6.45, 7) is 3.92. The third-order valence-electron chi connectivity index (χ3n) is 2.99. The standard InChI is InChI=1S/C13H18BrNO/c14-13-3-1-11(2-4-13)9-16-10-12-5-7-15-8-6-12/h1-4,12,15H,5-10H2. The second-order valence-corrected chi connectivity index (χ2v) is 5.25. The Bertz CT molecular complexity index is 306. The smallest absolute Gasteiger partial charge is 0.0717 e. The molecule has 3 heteroatoms. The predicted molar refractivity (Wildman–Crippen MR) is 69.4 cm³/mol. The number of rotatable bonds is 4. The van der Waals surface area contributed by atoms with Gasteiger partial charge in [-0.1, -0.05) is 28.1 Å². The topological polar surface area (TPSA) is 21.3 Å². The summed E-state index contributed by atoms with van der Waals surface area (Å²) in [5, 5.41) is 3.37. The number of nitrogens with one attached hydrogen (secondary N) is 1. The lowest BCUT2D eigenvalue weighted by Crippen LogP contribution is -2.29. The number of hydrogen-bond donors (Lipinski definition) is 1. The van der Waals surface area contributed by atoms with Gasteiger partial charge in [-0.25, -0.2) is 0 Å². The highest BCUT2D eigenvalue weighted by molar-refractivity contribution is 9.10. The first-order valence-corrected chi connectivity index (χ1v) is 6.67. The van der Waals surface area contributed by atoms with Crippen LogP contribution in [-0.2, 0) is 11.3 Å². The van der Waals surface area contributed by atoms with Crippen LogP contribution in [0.2, 0.25) is 0 Å². The van der Waals surface area contributed by atoms with Crippen molar-refractivity contribution in [3.8, 4) is 0 Å². The van der Waals surface area contributed by atoms with Crippen LogP contribution in [0, 0.1) is 5.92 Å². The van der Waals surface area contributed by atoms with E-state index in [1.807, 2.05) is 0 Å². The molecule has 0 aliphatic carbocycles. The lowest BCUT2D eigenvalue weighted by atomic mass is 9.99. The van der Waals surface area contributed by atoms with Gasteiger partial charge in [0.15, 0.2) is 0 Å². The monoisotopic (exact) mass is 283 g/mol. The molecule has 88 valence electrons. The molecule has 0 bridgehead atoms. The summed E-state index contributed by atoms with van der Waals surface area (Å²) in [5.41, 5.74) is 1.25. The minimum atomic E-state index is 0.733. The van der Waals surface area contributed by atoms with E-state index in [9.17, 15) is 0 Å². The van der Waals surface area contributed by atoms with Crippen molar-refractivity contribution in [3.05, 3.63) is 34.3 Å². The first-order chi connectivity index (χ1) is 7.84. The van der Waals surface area contributed by atoms with Crippen LogP contribution < -0.4 is 5.32 Å². The van der Waals surface area contributed by atoms with Gasteiger partial charge in [-0.05, 0) is 49.5 Å². The molecule has 16 heavy (non-hydrogen) atoms. The van der Waals surface area contributed by atoms with Gasteiger partial charge in [0.05, 0.1) is 6.61 Å². The summed E-state index contributed by atoms with van der Waals surface area (Å²) in [6, 6.07) is 8.32. The molecule has 0 spiro atoms. The van der Waals surface area contributed by atoms with Crippen LogP contribution in [0.25, 0.3) is 0 Å². The Morgan fingerprint density at radius 1 is 1.19 bits per heavy atom. The maximum atomic E-state index is 5.76. The van der Waals surface area contributed by atoms with Crippen molar-refractivity contribution in [2.75, 3.05) is 19.7 Å². The van der Waals surface area contributed by atoms with E-state index in [4.69, 9.17) is 4.74 Å². The minimum absolute atomic E-state index is 0.733. The molecule has 1 aromatic rings. The molecule has 2 rings (SSSR count). The van der Waals surface area contributed by atoms with Crippen molar-refractivity contribution in [3.63, 3.8) is 0 Å². The van der Waals surface area contributed by atoms with E-state index in [2.05, 4.69) is 45.5 Å². The molecular weight excluding hydrogens is 266 g/mol. The zero-order valence-corrected chi connectivity index (χ0v) is 11.0. The molecule has 1 saturated heterocycles. The third-order valence-corrected chi connectivity index (χ3v) is 3.52. The van der Waals surface area contributed by atoms with Crippen LogP contribution >= 0.6 is 15.9 Å². The maximum Gasteiger partial charge on any atom is 0.0717 e. The lowest BCUT2D eigenvalue weighted by molar-refractivity contribution is 0.0763. The Kier molecular flexibility index (Phi) is 4.82. The molecule has 0 amide bonds. The van der Waals surface area contributed by atoms with Crippen molar-refractivity contribution in [1.29, 1.82) is 0 Å². The second-order valence-electron chi connectivity index (χ2n) is 4.33. The molecule has 1 aliphatic heterocycles. The molecule has 0 saturated carbocycles. The summed E-state index contributed by atoms with van der Waals surface area (Å²) in [5.74, 6) is 0.747. The van der Waals surface area contributed by atoms with Crippen molar-refractivity contribution < 1.29 is 4.74 Å². The molecule has 1 aliphatic rings. The van der Waals surface area contributed by atoms with Gasteiger partial charge in [0, 0.05) is 11.1 Å². The van der Waals surface area contributed by atoms with Crippen LogP contribution in [0.4, 0.5) is 0 Å². The number of piperidine rings is 1. The van der Waals surface area contributed by atoms with Gasteiger partial charge in [-0.2, -0.15) is 0 Å². The summed E-state index contributed by atoms with van der Waals surface area (Å²) in [4.78, 5) is 0. The van der Waals surface area contributed by atoms with Gasteiger partial charge in [-0.15, -0.1) is 0 Å². The van der Waals surface area contributed by atoms with E-state index in [0.717, 1.165) is 36.7 Å². The number of benzene rings is 1. The molecule has 0 unspecified atom stereocenters. The van der Waals surface area contributed by atoms with Crippen LogP contribution in [0.3, 0.4) is 0 Å². The van der Waals surface area contributed by atoms with Gasteiger partial charge in [0.1, 0.15) is 0 Å². The normalized spacial score (nSPS) is 17.6. The van der Waals surface area contributed by atoms with Crippen LogP contribution in [-0.4, -0.2) is 19.7 Å². The Morgan fingerprint density at radius 2 is 1.88 bits per heavy atom. The van der Waals surface area contributed by atoms with E-state index >= 15 is 0 Å². The average Bonchev–Trinajstić information content (AvgIpc) is 2.33. The van der Waals surface area contributed by atoms with Crippen molar-refractivity contribution in [2.24, 2.45) is 5.92 Å². The van der Waals surface area contributed by atoms with Crippen LogP contribution in [0.5, 0.6) is 0 Å². The molecule has 0 atom stereocenters. The fourth-order valence-corrected chi connectivity index (χ4v) is 2.24. The first kappa shape index (κ1) is 12.1. The summed E-state index contributed by atoms with van der Waals surface area (Å²) in [7, 11) is 0. The average molecular weight is 284 g/mol. The van der Waals surface area contributed by atoms with E-state index in [1.165, 1.54) is 18.4 Å². The fourth-order valence-electron chi connectivity index (χ4n) is 1.97. The van der Waals surface area contributed by atoms with E-state index in [1.54, 1.807) is 0 Å². The predicted octanol–water partition coefficient (Wildman–Crippen LogP) is 2.97. The summed E-state index contributed by atoms with van der Waals surface area (Å²) in [6.07, 6.45) is 2.50. The summed E-state index contributed by atoms with van der Waals surface area (Å²) >= 11 is 3.43. The quantitative estimate of drug-likeness (QED) is 0.917. The Morgan fingerprint density at radius 3 is 2.56 bits per heavy atom. The van der Waals surface area contributed by atoms with Crippen molar-refractivity contribution >= 4 is 15.9 Å². The minimum Gasteiger partial charge on any atom is -0.376 e. The fraction of sp³-hybridized carbons (Fsp3) is 0.538. The molecule has 0 aromatic heterocycles. The van der Waals surface area contributed by atoms with Crippen LogP contribution in [0.1, 0.15) is 18.4 Å². The maximum absolute atomic E-state index is 5.76. The van der Waals surface area contributed by atoms with Gasteiger partial charge in [0.2, 0.25) is 0 Å². The van der Waals surface area contributed by atoms with Gasteiger partial charge >= 0.3 is 0 Å². The zero-order chi connectivity index (χ0) is 11.2. The van der Waals surface area contributed by atoms with Crippen molar-refractivity contribution in [2.45, 2.75) is 19.4 Å². The largest absolute Gasteiger partial charge is 0.376 e. The molecule has 0 radical (unpaired) electrons. The highest BCUT2D eigenvalue weighted by Crippen LogP contribution is 2.14. The SMILES string of the molecule is Brc1ccc(COCC2CCNCC2)cc1. The van der Waals surface area contributed by atoms with E-state index < -0.39 is 0 Å². The Hall–Kier alpha value is -0.380. The first-order valence-electron chi connectivity index (χ1n) is 5.87. The molecular formula is C13H18BrNO. The third kappa shape index (κ3) is 3.89. The Labute approximate surface area is 106 Å². The molecule has 2 nitrogen and oxygen atoms in total. The molecule has 1 fully saturated rings. The zero-order valence-electron chi connectivity index (χ0n) is 9.42. The second kappa shape index (κ2) is 6.38. The summed E-state index contributed by atoms with van der Waals surface area (Å²) < 4.78 is 6.88. The van der Waals surface area contributed by atoms with E-state index in [0.29, 0.717) is 0 Å².